The standard InChI is InChI=1S/C19H24N4O8/c20-12(6-3-10-1-4-11(24)5-2-10)18(27)30-9-13-15(25)16(26)17(31-13)23-8-7-14(22-29)21-19(23)28/h1-2,4-5,7-8,12-13,15-17,24-26,29H,3,6,9,20H2,(H,21,22,28)/t12-,13-,15-,16-,17-/m1/s1. The topological polar surface area (TPSA) is 189 Å². The highest BCUT2D eigenvalue weighted by Gasteiger charge is 2.44. The normalized spacial score (nSPS) is 24.0. The molecular formula is C19H24N4O8. The number of carbonyl (C=O) groups is 1. The van der Waals surface area contributed by atoms with Gasteiger partial charge < -0.3 is 30.5 Å². The molecular weight excluding hydrogens is 412 g/mol. The van der Waals surface area contributed by atoms with E-state index in [-0.39, 0.29) is 18.2 Å². The fourth-order valence-corrected chi connectivity index (χ4v) is 3.14. The maximum atomic E-state index is 12.2. The molecule has 2 heterocycles. The zero-order valence-electron chi connectivity index (χ0n) is 16.4. The number of aliphatic hydroxyl groups excluding tert-OH is 2. The molecule has 1 fully saturated rings. The Morgan fingerprint density at radius 2 is 1.97 bits per heavy atom. The van der Waals surface area contributed by atoms with E-state index in [2.05, 4.69) is 4.98 Å². The lowest BCUT2D eigenvalue weighted by Crippen LogP contribution is -2.38. The van der Waals surface area contributed by atoms with Crippen LogP contribution in [-0.4, -0.2) is 67.0 Å². The molecule has 0 unspecified atom stereocenters. The van der Waals surface area contributed by atoms with Gasteiger partial charge in [0.15, 0.2) is 12.0 Å². The number of rotatable bonds is 8. The molecule has 12 heteroatoms. The van der Waals surface area contributed by atoms with E-state index < -0.39 is 42.2 Å². The molecule has 0 aliphatic carbocycles. The highest BCUT2D eigenvalue weighted by molar-refractivity contribution is 5.75. The zero-order valence-corrected chi connectivity index (χ0v) is 16.4. The Hall–Kier alpha value is -3.03. The average Bonchev–Trinajstić information content (AvgIpc) is 3.05. The van der Waals surface area contributed by atoms with Crippen LogP contribution in [0.2, 0.25) is 0 Å². The Bertz CT molecular complexity index is 951. The number of nitrogens with zero attached hydrogens (tertiary/aromatic N) is 2. The number of anilines is 1. The number of phenolic OH excluding ortho intramolecular Hbond substituents is 1. The van der Waals surface area contributed by atoms with Crippen LogP contribution in [0.1, 0.15) is 18.2 Å². The molecule has 1 aromatic carbocycles. The molecule has 5 atom stereocenters. The predicted octanol–water partition coefficient (Wildman–Crippen LogP) is -1.13. The summed E-state index contributed by atoms with van der Waals surface area (Å²) in [7, 11) is 0. The van der Waals surface area contributed by atoms with E-state index in [0.29, 0.717) is 12.8 Å². The summed E-state index contributed by atoms with van der Waals surface area (Å²) >= 11 is 0. The number of aromatic hydroxyl groups is 1. The van der Waals surface area contributed by atoms with Crippen molar-refractivity contribution in [1.29, 1.82) is 0 Å². The number of carbonyl (C=O) groups excluding carboxylic acids is 1. The van der Waals surface area contributed by atoms with Gasteiger partial charge in [0.25, 0.3) is 0 Å². The molecule has 31 heavy (non-hydrogen) atoms. The van der Waals surface area contributed by atoms with Crippen molar-refractivity contribution in [1.82, 2.24) is 9.55 Å². The average molecular weight is 436 g/mol. The van der Waals surface area contributed by atoms with Crippen LogP contribution < -0.4 is 16.9 Å². The first kappa shape index (κ1) is 22.7. The van der Waals surface area contributed by atoms with Gasteiger partial charge in [0.1, 0.15) is 36.7 Å². The van der Waals surface area contributed by atoms with Gasteiger partial charge in [-0.25, -0.2) is 4.79 Å². The fraction of sp³-hybridized carbons (Fsp3) is 0.421. The maximum absolute atomic E-state index is 12.2. The number of aromatic nitrogens is 2. The van der Waals surface area contributed by atoms with Crippen molar-refractivity contribution in [3.63, 3.8) is 0 Å². The molecule has 1 aliphatic rings. The van der Waals surface area contributed by atoms with Gasteiger partial charge in [0.2, 0.25) is 0 Å². The summed E-state index contributed by atoms with van der Waals surface area (Å²) in [6, 6.07) is 6.86. The SMILES string of the molecule is N[C@H](CCc1ccc(O)cc1)C(=O)OC[C@H]1O[C@@H](n2ccc(NO)nc2=O)[C@H](O)[C@@H]1O. The van der Waals surface area contributed by atoms with Crippen LogP contribution in [0.15, 0.2) is 41.3 Å². The molecule has 168 valence electrons. The molecule has 0 amide bonds. The maximum Gasteiger partial charge on any atom is 0.351 e. The van der Waals surface area contributed by atoms with Gasteiger partial charge in [-0.2, -0.15) is 4.98 Å². The second kappa shape index (κ2) is 9.85. The van der Waals surface area contributed by atoms with E-state index in [1.807, 2.05) is 0 Å². The van der Waals surface area contributed by atoms with Crippen LogP contribution in [0, 0.1) is 0 Å². The lowest BCUT2D eigenvalue weighted by molar-refractivity contribution is -0.151. The van der Waals surface area contributed by atoms with Gasteiger partial charge in [-0.15, -0.1) is 0 Å². The summed E-state index contributed by atoms with van der Waals surface area (Å²) in [6.07, 6.45) is -3.22. The lowest BCUT2D eigenvalue weighted by Gasteiger charge is -2.17. The number of nitrogens with one attached hydrogen (secondary N) is 1. The Balaban J connectivity index is 1.53. The summed E-state index contributed by atoms with van der Waals surface area (Å²) in [5.41, 5.74) is 7.64. The van der Waals surface area contributed by atoms with E-state index in [1.165, 1.54) is 24.4 Å². The smallest absolute Gasteiger partial charge is 0.351 e. The van der Waals surface area contributed by atoms with Gasteiger partial charge in [-0.05, 0) is 36.6 Å². The summed E-state index contributed by atoms with van der Waals surface area (Å²) in [5, 5.41) is 38.5. The van der Waals surface area contributed by atoms with E-state index in [9.17, 15) is 24.9 Å². The Morgan fingerprint density at radius 3 is 2.61 bits per heavy atom. The molecule has 12 nitrogen and oxygen atoms in total. The number of phenols is 1. The fourth-order valence-electron chi connectivity index (χ4n) is 3.14. The minimum atomic E-state index is -1.47. The largest absolute Gasteiger partial charge is 0.508 e. The van der Waals surface area contributed by atoms with Crippen LogP contribution in [0.3, 0.4) is 0 Å². The molecule has 0 saturated carbocycles. The molecule has 0 bridgehead atoms. The summed E-state index contributed by atoms with van der Waals surface area (Å²) in [6.45, 7) is -0.376. The van der Waals surface area contributed by atoms with Crippen LogP contribution in [0.25, 0.3) is 0 Å². The molecule has 0 spiro atoms. The second-order valence-electron chi connectivity index (χ2n) is 7.10. The number of benzene rings is 1. The number of hydrogen-bond acceptors (Lipinski definition) is 11. The summed E-state index contributed by atoms with van der Waals surface area (Å²) in [5.74, 6) is -0.659. The van der Waals surface area contributed by atoms with Gasteiger partial charge >= 0.3 is 11.7 Å². The Kier molecular flexibility index (Phi) is 7.20. The van der Waals surface area contributed by atoms with Crippen molar-refractivity contribution in [2.45, 2.75) is 43.4 Å². The minimum Gasteiger partial charge on any atom is -0.508 e. The predicted molar refractivity (Wildman–Crippen MR) is 105 cm³/mol. The van der Waals surface area contributed by atoms with Crippen molar-refractivity contribution >= 4 is 11.8 Å². The minimum absolute atomic E-state index is 0.0962. The van der Waals surface area contributed by atoms with Gasteiger partial charge in [-0.3, -0.25) is 20.0 Å². The third kappa shape index (κ3) is 5.37. The van der Waals surface area contributed by atoms with Crippen LogP contribution >= 0.6 is 0 Å². The first-order valence-corrected chi connectivity index (χ1v) is 9.51. The molecule has 7 N–H and O–H groups in total. The molecule has 1 aromatic heterocycles. The summed E-state index contributed by atoms with van der Waals surface area (Å²) in [4.78, 5) is 27.7. The molecule has 2 aromatic rings. The summed E-state index contributed by atoms with van der Waals surface area (Å²) < 4.78 is 11.6. The zero-order chi connectivity index (χ0) is 22.5. The van der Waals surface area contributed by atoms with Crippen LogP contribution in [-0.2, 0) is 20.7 Å². The highest BCUT2D eigenvalue weighted by atomic mass is 16.6. The number of hydrogen-bond donors (Lipinski definition) is 6. The number of aryl methyl sites for hydroxylation is 1. The number of nitrogens with two attached hydrogens (primary N) is 1. The number of esters is 1. The van der Waals surface area contributed by atoms with Gasteiger partial charge in [-0.1, -0.05) is 12.1 Å². The van der Waals surface area contributed by atoms with Crippen molar-refractivity contribution in [3.05, 3.63) is 52.6 Å². The number of aliphatic hydroxyl groups is 2. The second-order valence-corrected chi connectivity index (χ2v) is 7.10. The number of ether oxygens (including phenoxy) is 2. The molecule has 3 rings (SSSR count). The van der Waals surface area contributed by atoms with Gasteiger partial charge in [0, 0.05) is 6.20 Å². The first-order chi connectivity index (χ1) is 14.8. The highest BCUT2D eigenvalue weighted by Crippen LogP contribution is 2.28. The third-order valence-corrected chi connectivity index (χ3v) is 4.93. The molecule has 1 saturated heterocycles. The van der Waals surface area contributed by atoms with E-state index in [0.717, 1.165) is 10.1 Å². The van der Waals surface area contributed by atoms with Crippen molar-refractivity contribution < 1.29 is 34.8 Å². The van der Waals surface area contributed by atoms with Crippen LogP contribution in [0.5, 0.6) is 5.75 Å². The molecule has 1 aliphatic heterocycles. The Morgan fingerprint density at radius 1 is 1.26 bits per heavy atom. The van der Waals surface area contributed by atoms with Crippen LogP contribution in [0.4, 0.5) is 5.82 Å². The van der Waals surface area contributed by atoms with E-state index >= 15 is 0 Å². The third-order valence-electron chi connectivity index (χ3n) is 4.93. The lowest BCUT2D eigenvalue weighted by atomic mass is 10.1. The van der Waals surface area contributed by atoms with Crippen molar-refractivity contribution in [2.24, 2.45) is 5.73 Å². The van der Waals surface area contributed by atoms with E-state index in [1.54, 1.807) is 17.6 Å². The van der Waals surface area contributed by atoms with Gasteiger partial charge in [0.05, 0.1) is 0 Å². The van der Waals surface area contributed by atoms with Crippen molar-refractivity contribution in [2.75, 3.05) is 12.1 Å². The Labute approximate surface area is 176 Å². The monoisotopic (exact) mass is 436 g/mol. The first-order valence-electron chi connectivity index (χ1n) is 9.51. The quantitative estimate of drug-likeness (QED) is 0.217. The van der Waals surface area contributed by atoms with Crippen molar-refractivity contribution in [3.8, 4) is 5.75 Å². The molecule has 0 radical (unpaired) electrons. The van der Waals surface area contributed by atoms with E-state index in [4.69, 9.17) is 20.4 Å².